The summed E-state index contributed by atoms with van der Waals surface area (Å²) in [5.74, 6) is 0. The normalized spacial score (nSPS) is 21.9. The maximum atomic E-state index is 12.3. The number of nitrogens with zero attached hydrogens (tertiary/aromatic N) is 1. The Morgan fingerprint density at radius 1 is 1.27 bits per heavy atom. The largest absolute Gasteiger partial charge is 0.328 e. The van der Waals surface area contributed by atoms with E-state index in [1.165, 1.54) is 0 Å². The van der Waals surface area contributed by atoms with E-state index in [0.29, 0.717) is 12.8 Å². The van der Waals surface area contributed by atoms with Crippen LogP contribution in [0, 0.1) is 10.1 Å². The Morgan fingerprint density at radius 3 is 2.36 bits per heavy atom. The van der Waals surface area contributed by atoms with Crippen molar-refractivity contribution in [1.82, 2.24) is 4.72 Å². The van der Waals surface area contributed by atoms with Crippen LogP contribution in [0.2, 0.25) is 5.02 Å². The predicted molar refractivity (Wildman–Crippen MR) is 85.9 cm³/mol. The van der Waals surface area contributed by atoms with Crippen LogP contribution in [0.4, 0.5) is 5.69 Å². The Bertz CT molecular complexity index is 646. The number of halogens is 2. The number of nitrogens with one attached hydrogen (secondary N) is 1. The molecule has 1 saturated carbocycles. The van der Waals surface area contributed by atoms with Crippen molar-refractivity contribution in [1.29, 1.82) is 0 Å². The molecule has 1 aliphatic carbocycles. The number of sulfonamides is 1. The molecule has 1 fully saturated rings. The number of rotatable bonds is 4. The maximum Gasteiger partial charge on any atom is 0.271 e. The highest BCUT2D eigenvalue weighted by Gasteiger charge is 2.26. The summed E-state index contributed by atoms with van der Waals surface area (Å²) in [6, 6.07) is 3.25. The van der Waals surface area contributed by atoms with Gasteiger partial charge in [0, 0.05) is 24.2 Å². The zero-order chi connectivity index (χ0) is 15.6. The summed E-state index contributed by atoms with van der Waals surface area (Å²) in [6.45, 7) is 0. The van der Waals surface area contributed by atoms with Gasteiger partial charge in [-0.3, -0.25) is 10.1 Å². The molecule has 0 bridgehead atoms. The molecular formula is C12H17Cl2N3O4S. The van der Waals surface area contributed by atoms with E-state index in [0.717, 1.165) is 31.0 Å². The first-order valence-electron chi connectivity index (χ1n) is 6.51. The minimum atomic E-state index is -3.80. The van der Waals surface area contributed by atoms with Gasteiger partial charge in [0.15, 0.2) is 0 Å². The van der Waals surface area contributed by atoms with Crippen LogP contribution in [-0.2, 0) is 10.0 Å². The van der Waals surface area contributed by atoms with Crippen molar-refractivity contribution >= 4 is 39.7 Å². The van der Waals surface area contributed by atoms with Gasteiger partial charge >= 0.3 is 0 Å². The first-order chi connectivity index (χ1) is 9.79. The molecule has 1 aromatic carbocycles. The molecule has 3 N–H and O–H groups in total. The van der Waals surface area contributed by atoms with E-state index in [1.807, 2.05) is 0 Å². The lowest BCUT2D eigenvalue weighted by atomic mass is 9.93. The fourth-order valence-electron chi connectivity index (χ4n) is 2.34. The van der Waals surface area contributed by atoms with Gasteiger partial charge in [-0.15, -0.1) is 12.4 Å². The van der Waals surface area contributed by atoms with E-state index < -0.39 is 14.9 Å². The van der Waals surface area contributed by atoms with Gasteiger partial charge in [0.25, 0.3) is 5.69 Å². The van der Waals surface area contributed by atoms with E-state index in [9.17, 15) is 18.5 Å². The van der Waals surface area contributed by atoms with Crippen LogP contribution < -0.4 is 10.5 Å². The second kappa shape index (κ2) is 7.56. The second-order valence-corrected chi connectivity index (χ2v) is 7.19. The molecule has 2 rings (SSSR count). The Hall–Kier alpha value is -0.930. The minimum Gasteiger partial charge on any atom is -0.328 e. The Labute approximate surface area is 139 Å². The average Bonchev–Trinajstić information content (AvgIpc) is 2.40. The minimum absolute atomic E-state index is 0. The summed E-state index contributed by atoms with van der Waals surface area (Å²) >= 11 is 5.86. The summed E-state index contributed by atoms with van der Waals surface area (Å²) in [5.41, 5.74) is 5.53. The van der Waals surface area contributed by atoms with E-state index in [4.69, 9.17) is 17.3 Å². The summed E-state index contributed by atoms with van der Waals surface area (Å²) in [7, 11) is -3.80. The average molecular weight is 370 g/mol. The lowest BCUT2D eigenvalue weighted by Gasteiger charge is -2.26. The van der Waals surface area contributed by atoms with Gasteiger partial charge in [-0.2, -0.15) is 0 Å². The van der Waals surface area contributed by atoms with Gasteiger partial charge in [0.05, 0.1) is 9.95 Å². The third-order valence-corrected chi connectivity index (χ3v) is 5.51. The van der Waals surface area contributed by atoms with Crippen LogP contribution in [-0.4, -0.2) is 25.4 Å². The fourth-order valence-corrected chi connectivity index (χ4v) is 4.19. The molecule has 10 heteroatoms. The molecule has 0 atom stereocenters. The number of nitrogens with two attached hydrogens (primary N) is 1. The van der Waals surface area contributed by atoms with E-state index >= 15 is 0 Å². The van der Waals surface area contributed by atoms with Crippen LogP contribution in [0.15, 0.2) is 23.1 Å². The molecule has 0 unspecified atom stereocenters. The third-order valence-electron chi connectivity index (χ3n) is 3.51. The number of nitro benzene ring substituents is 1. The van der Waals surface area contributed by atoms with Gasteiger partial charge < -0.3 is 5.73 Å². The van der Waals surface area contributed by atoms with Crippen molar-refractivity contribution in [3.63, 3.8) is 0 Å². The Balaban J connectivity index is 0.00000242. The number of hydrogen-bond donors (Lipinski definition) is 2. The first kappa shape index (κ1) is 19.1. The van der Waals surface area contributed by atoms with E-state index in [-0.39, 0.29) is 40.1 Å². The molecule has 0 aliphatic heterocycles. The van der Waals surface area contributed by atoms with E-state index in [2.05, 4.69) is 4.72 Å². The predicted octanol–water partition coefficient (Wildman–Crippen LogP) is 2.22. The molecule has 0 heterocycles. The van der Waals surface area contributed by atoms with Crippen molar-refractivity contribution < 1.29 is 13.3 Å². The van der Waals surface area contributed by atoms with Crippen molar-refractivity contribution in [3.05, 3.63) is 33.3 Å². The molecule has 22 heavy (non-hydrogen) atoms. The summed E-state index contributed by atoms with van der Waals surface area (Å²) in [6.07, 6.45) is 2.87. The highest BCUT2D eigenvalue weighted by molar-refractivity contribution is 7.89. The molecule has 1 aromatic rings. The van der Waals surface area contributed by atoms with Gasteiger partial charge in [-0.1, -0.05) is 11.6 Å². The highest BCUT2D eigenvalue weighted by atomic mass is 35.5. The highest BCUT2D eigenvalue weighted by Crippen LogP contribution is 2.27. The molecule has 0 radical (unpaired) electrons. The summed E-state index contributed by atoms with van der Waals surface area (Å²) in [4.78, 5) is 9.86. The molecule has 0 spiro atoms. The molecule has 0 aromatic heterocycles. The topological polar surface area (TPSA) is 115 Å². The smallest absolute Gasteiger partial charge is 0.271 e. The van der Waals surface area contributed by atoms with Crippen LogP contribution in [0.3, 0.4) is 0 Å². The lowest BCUT2D eigenvalue weighted by Crippen LogP contribution is -2.40. The monoisotopic (exact) mass is 369 g/mol. The third kappa shape index (κ3) is 4.53. The van der Waals surface area contributed by atoms with E-state index in [1.54, 1.807) is 0 Å². The Kier molecular flexibility index (Phi) is 6.57. The van der Waals surface area contributed by atoms with Crippen LogP contribution >= 0.6 is 24.0 Å². The summed E-state index contributed by atoms with van der Waals surface area (Å²) in [5, 5.41) is 10.5. The van der Waals surface area contributed by atoms with Crippen LogP contribution in [0.25, 0.3) is 0 Å². The number of non-ortho nitro benzene ring substituents is 1. The van der Waals surface area contributed by atoms with Gasteiger partial charge in [-0.05, 0) is 31.7 Å². The van der Waals surface area contributed by atoms with Crippen LogP contribution in [0.5, 0.6) is 0 Å². The van der Waals surface area contributed by atoms with Crippen molar-refractivity contribution in [2.24, 2.45) is 5.73 Å². The van der Waals surface area contributed by atoms with Crippen molar-refractivity contribution in [2.75, 3.05) is 0 Å². The standard InChI is InChI=1S/C12H16ClN3O4S.ClH/c13-11-7-10(16(17)18)5-6-12(11)21(19,20)15-9-3-1-8(14)2-4-9;/h5-9,15H,1-4,14H2;1H. The molecular weight excluding hydrogens is 353 g/mol. The fraction of sp³-hybridized carbons (Fsp3) is 0.500. The quantitative estimate of drug-likeness (QED) is 0.623. The van der Waals surface area contributed by atoms with Crippen molar-refractivity contribution in [3.8, 4) is 0 Å². The Morgan fingerprint density at radius 2 is 1.86 bits per heavy atom. The molecule has 0 amide bonds. The van der Waals surface area contributed by atoms with Gasteiger partial charge in [0.2, 0.25) is 10.0 Å². The zero-order valence-electron chi connectivity index (χ0n) is 11.6. The van der Waals surface area contributed by atoms with Gasteiger partial charge in [0.1, 0.15) is 4.90 Å². The van der Waals surface area contributed by atoms with Gasteiger partial charge in [-0.25, -0.2) is 13.1 Å². The second-order valence-electron chi connectivity index (χ2n) is 5.10. The molecule has 124 valence electrons. The molecule has 1 aliphatic rings. The first-order valence-corrected chi connectivity index (χ1v) is 8.37. The number of hydrogen-bond acceptors (Lipinski definition) is 5. The molecule has 0 saturated heterocycles. The SMILES string of the molecule is Cl.NC1CCC(NS(=O)(=O)c2ccc([N+](=O)[O-])cc2Cl)CC1. The number of nitro groups is 1. The van der Waals surface area contributed by atoms with Crippen LogP contribution in [0.1, 0.15) is 25.7 Å². The maximum absolute atomic E-state index is 12.3. The van der Waals surface area contributed by atoms with Crippen molar-refractivity contribution in [2.45, 2.75) is 42.7 Å². The number of benzene rings is 1. The molecule has 7 nitrogen and oxygen atoms in total. The zero-order valence-corrected chi connectivity index (χ0v) is 14.0. The lowest BCUT2D eigenvalue weighted by molar-refractivity contribution is -0.384. The summed E-state index contributed by atoms with van der Waals surface area (Å²) < 4.78 is 27.2.